The summed E-state index contributed by atoms with van der Waals surface area (Å²) < 4.78 is 15.3. The van der Waals surface area contributed by atoms with Crippen molar-refractivity contribution < 1.29 is 14.0 Å². The molecule has 3 amide bonds. The van der Waals surface area contributed by atoms with Crippen molar-refractivity contribution in [3.63, 3.8) is 0 Å². The minimum absolute atomic E-state index is 0.120. The fourth-order valence-corrected chi connectivity index (χ4v) is 3.05. The third-order valence-electron chi connectivity index (χ3n) is 4.57. The summed E-state index contributed by atoms with van der Waals surface area (Å²) in [4.78, 5) is 27.8. The van der Waals surface area contributed by atoms with Gasteiger partial charge in [0.25, 0.3) is 5.91 Å². The molecule has 0 radical (unpaired) electrons. The Labute approximate surface area is 158 Å². The third kappa shape index (κ3) is 2.96. The monoisotopic (exact) mass is 378 g/mol. The van der Waals surface area contributed by atoms with Crippen LogP contribution in [0, 0.1) is 5.82 Å². The number of urea groups is 1. The van der Waals surface area contributed by atoms with Crippen LogP contribution >= 0.6 is 0 Å². The highest BCUT2D eigenvalue weighted by molar-refractivity contribution is 6.14. The molecule has 9 heteroatoms. The number of imide groups is 1. The molecule has 0 spiro atoms. The quantitative estimate of drug-likeness (QED) is 0.478. The standard InChI is InChI=1S/C19H15FN6O2/c20-12-3-1-2-10(6-12)14-8-16(22-13-4-5-13)26-17(23-14)11(9-21-26)7-15-18(27)25-19(28)24-15/h1-3,6-9,13,22H,4-5H2,(H2,24,25,27,28)/b15-7-. The lowest BCUT2D eigenvalue weighted by molar-refractivity contribution is -0.115. The van der Waals surface area contributed by atoms with Crippen LogP contribution in [0.25, 0.3) is 23.0 Å². The number of nitrogens with one attached hydrogen (secondary N) is 3. The molecular weight excluding hydrogens is 363 g/mol. The molecule has 5 rings (SSSR count). The van der Waals surface area contributed by atoms with Crippen LogP contribution in [-0.4, -0.2) is 32.6 Å². The van der Waals surface area contributed by atoms with E-state index in [1.807, 2.05) is 6.07 Å². The van der Waals surface area contributed by atoms with Crippen LogP contribution in [0.4, 0.5) is 15.0 Å². The molecule has 3 aromatic rings. The molecule has 0 atom stereocenters. The lowest BCUT2D eigenvalue weighted by Gasteiger charge is -2.10. The van der Waals surface area contributed by atoms with Crippen molar-refractivity contribution in [2.75, 3.05) is 5.32 Å². The molecule has 1 aliphatic carbocycles. The van der Waals surface area contributed by atoms with Crippen molar-refractivity contribution in [1.82, 2.24) is 25.2 Å². The minimum atomic E-state index is -0.572. The molecule has 3 N–H and O–H groups in total. The largest absolute Gasteiger partial charge is 0.367 e. The highest BCUT2D eigenvalue weighted by atomic mass is 19.1. The highest BCUT2D eigenvalue weighted by Crippen LogP contribution is 2.29. The van der Waals surface area contributed by atoms with Crippen molar-refractivity contribution in [3.8, 4) is 11.3 Å². The Morgan fingerprint density at radius 1 is 1.21 bits per heavy atom. The first-order chi connectivity index (χ1) is 13.6. The first-order valence-electron chi connectivity index (χ1n) is 8.82. The maximum absolute atomic E-state index is 13.7. The Bertz CT molecular complexity index is 1160. The number of benzene rings is 1. The Morgan fingerprint density at radius 2 is 2.07 bits per heavy atom. The van der Waals surface area contributed by atoms with Crippen LogP contribution in [0.2, 0.25) is 0 Å². The molecule has 28 heavy (non-hydrogen) atoms. The van der Waals surface area contributed by atoms with Gasteiger partial charge >= 0.3 is 6.03 Å². The number of hydrogen-bond acceptors (Lipinski definition) is 5. The van der Waals surface area contributed by atoms with Crippen molar-refractivity contribution in [1.29, 1.82) is 0 Å². The molecule has 2 fully saturated rings. The van der Waals surface area contributed by atoms with Gasteiger partial charge in [0.2, 0.25) is 0 Å². The maximum Gasteiger partial charge on any atom is 0.326 e. The number of hydrogen-bond donors (Lipinski definition) is 3. The van der Waals surface area contributed by atoms with Gasteiger partial charge in [0.15, 0.2) is 5.65 Å². The highest BCUT2D eigenvalue weighted by Gasteiger charge is 2.25. The van der Waals surface area contributed by atoms with E-state index in [2.05, 4.69) is 26.0 Å². The van der Waals surface area contributed by atoms with Crippen LogP contribution in [-0.2, 0) is 4.79 Å². The normalized spacial score (nSPS) is 17.8. The van der Waals surface area contributed by atoms with E-state index in [4.69, 9.17) is 0 Å². The van der Waals surface area contributed by atoms with Crippen molar-refractivity contribution >= 4 is 29.5 Å². The summed E-state index contributed by atoms with van der Waals surface area (Å²) >= 11 is 0. The topological polar surface area (TPSA) is 100 Å². The van der Waals surface area contributed by atoms with Crippen LogP contribution in [0.1, 0.15) is 18.4 Å². The number of carbonyl (C=O) groups excluding carboxylic acids is 2. The summed E-state index contributed by atoms with van der Waals surface area (Å²) in [6.45, 7) is 0. The van der Waals surface area contributed by atoms with E-state index < -0.39 is 11.9 Å². The Kier molecular flexibility index (Phi) is 3.61. The van der Waals surface area contributed by atoms with Crippen molar-refractivity contribution in [2.24, 2.45) is 0 Å². The summed E-state index contributed by atoms with van der Waals surface area (Å²) in [7, 11) is 0. The SMILES string of the molecule is O=C1NC(=O)/C(=C/c2cnn3c(NC4CC4)cc(-c4cccc(F)c4)nc23)N1. The first kappa shape index (κ1) is 16.4. The van der Waals surface area contributed by atoms with E-state index in [-0.39, 0.29) is 11.5 Å². The summed E-state index contributed by atoms with van der Waals surface area (Å²) in [6.07, 6.45) is 5.24. The molecule has 1 saturated carbocycles. The Balaban J connectivity index is 1.66. The van der Waals surface area contributed by atoms with E-state index in [0.29, 0.717) is 28.5 Å². The summed E-state index contributed by atoms with van der Waals surface area (Å²) in [5.74, 6) is -0.129. The smallest absolute Gasteiger partial charge is 0.326 e. The van der Waals surface area contributed by atoms with E-state index in [0.717, 1.165) is 18.7 Å². The van der Waals surface area contributed by atoms with Gasteiger partial charge in [-0.25, -0.2) is 14.2 Å². The molecule has 2 aliphatic rings. The van der Waals surface area contributed by atoms with E-state index >= 15 is 0 Å². The van der Waals surface area contributed by atoms with Gasteiger partial charge in [-0.15, -0.1) is 0 Å². The zero-order chi connectivity index (χ0) is 19.3. The van der Waals surface area contributed by atoms with Crippen molar-refractivity contribution in [3.05, 3.63) is 53.6 Å². The molecule has 8 nitrogen and oxygen atoms in total. The molecule has 1 aromatic carbocycles. The van der Waals surface area contributed by atoms with Crippen LogP contribution in [0.5, 0.6) is 0 Å². The Hall–Kier alpha value is -3.75. The fraction of sp³-hybridized carbons (Fsp3) is 0.158. The van der Waals surface area contributed by atoms with Crippen molar-refractivity contribution in [2.45, 2.75) is 18.9 Å². The maximum atomic E-state index is 13.7. The average molecular weight is 378 g/mol. The van der Waals surface area contributed by atoms with Gasteiger partial charge in [-0.1, -0.05) is 12.1 Å². The second-order valence-electron chi connectivity index (χ2n) is 6.76. The third-order valence-corrected chi connectivity index (χ3v) is 4.57. The molecule has 3 heterocycles. The zero-order valence-corrected chi connectivity index (χ0v) is 14.6. The molecular formula is C19H15FN6O2. The van der Waals surface area contributed by atoms with E-state index in [9.17, 15) is 14.0 Å². The van der Waals surface area contributed by atoms with E-state index in [1.54, 1.807) is 22.8 Å². The van der Waals surface area contributed by atoms with Gasteiger partial charge < -0.3 is 10.6 Å². The van der Waals surface area contributed by atoms with Gasteiger partial charge in [0.1, 0.15) is 17.3 Å². The molecule has 0 bridgehead atoms. The number of halogens is 1. The lowest BCUT2D eigenvalue weighted by Crippen LogP contribution is -2.22. The van der Waals surface area contributed by atoms with Gasteiger partial charge in [-0.05, 0) is 31.1 Å². The van der Waals surface area contributed by atoms with E-state index in [1.165, 1.54) is 18.2 Å². The molecule has 1 saturated heterocycles. The Morgan fingerprint density at radius 3 is 2.79 bits per heavy atom. The number of amides is 3. The van der Waals surface area contributed by atoms with Gasteiger partial charge in [0, 0.05) is 23.2 Å². The fourth-order valence-electron chi connectivity index (χ4n) is 3.05. The molecule has 1 aliphatic heterocycles. The number of carbonyl (C=O) groups is 2. The first-order valence-corrected chi connectivity index (χ1v) is 8.82. The van der Waals surface area contributed by atoms with Crippen LogP contribution in [0.15, 0.2) is 42.2 Å². The number of anilines is 1. The number of rotatable bonds is 4. The number of nitrogens with zero attached hydrogens (tertiary/aromatic N) is 3. The molecule has 0 unspecified atom stereocenters. The van der Waals surface area contributed by atoms with Gasteiger partial charge in [-0.3, -0.25) is 10.1 Å². The van der Waals surface area contributed by atoms with Gasteiger partial charge in [0.05, 0.1) is 11.9 Å². The minimum Gasteiger partial charge on any atom is -0.367 e. The van der Waals surface area contributed by atoms with Crippen LogP contribution in [0.3, 0.4) is 0 Å². The summed E-state index contributed by atoms with van der Waals surface area (Å²) in [5.41, 5.74) is 2.38. The molecule has 2 aromatic heterocycles. The predicted octanol–water partition coefficient (Wildman–Crippen LogP) is 2.29. The number of aromatic nitrogens is 3. The second-order valence-corrected chi connectivity index (χ2v) is 6.76. The predicted molar refractivity (Wildman–Crippen MR) is 99.7 cm³/mol. The number of fused-ring (bicyclic) bond motifs is 1. The zero-order valence-electron chi connectivity index (χ0n) is 14.6. The second kappa shape index (κ2) is 6.15. The lowest BCUT2D eigenvalue weighted by atomic mass is 10.1. The van der Waals surface area contributed by atoms with Gasteiger partial charge in [-0.2, -0.15) is 9.61 Å². The summed E-state index contributed by atoms with van der Waals surface area (Å²) in [6, 6.07) is 7.83. The molecule has 140 valence electrons. The summed E-state index contributed by atoms with van der Waals surface area (Å²) in [5, 5.41) is 12.4. The van der Waals surface area contributed by atoms with Crippen LogP contribution < -0.4 is 16.0 Å². The average Bonchev–Trinajstić information content (AvgIpc) is 3.30.